The molecule has 0 saturated carbocycles. The lowest BCUT2D eigenvalue weighted by Crippen LogP contribution is -2.24. The molecule has 0 saturated heterocycles. The molecule has 0 aliphatic carbocycles. The summed E-state index contributed by atoms with van der Waals surface area (Å²) in [5, 5.41) is 2.72. The molecule has 136 valence electrons. The fourth-order valence-corrected chi connectivity index (χ4v) is 2.14. The van der Waals surface area contributed by atoms with E-state index in [2.05, 4.69) is 5.32 Å². The molecule has 1 atom stereocenters. The molecule has 1 N–H and O–H groups in total. The summed E-state index contributed by atoms with van der Waals surface area (Å²) in [7, 11) is 0. The van der Waals surface area contributed by atoms with Gasteiger partial charge in [0.1, 0.15) is 5.82 Å². The van der Waals surface area contributed by atoms with Crippen LogP contribution in [0.1, 0.15) is 41.5 Å². The maximum absolute atomic E-state index is 13.2. The fraction of sp³-hybridized carbons (Fsp3) is 0.250. The van der Waals surface area contributed by atoms with Crippen LogP contribution in [-0.4, -0.2) is 23.8 Å². The van der Waals surface area contributed by atoms with E-state index in [1.807, 2.05) is 0 Å². The van der Waals surface area contributed by atoms with E-state index in [1.165, 1.54) is 25.1 Å². The Morgan fingerprint density at radius 1 is 0.962 bits per heavy atom. The van der Waals surface area contributed by atoms with Gasteiger partial charge in [-0.2, -0.15) is 0 Å². The number of amides is 1. The van der Waals surface area contributed by atoms with Gasteiger partial charge in [0.15, 0.2) is 6.10 Å². The van der Waals surface area contributed by atoms with Gasteiger partial charge in [0.2, 0.25) is 11.7 Å². The quantitative estimate of drug-likeness (QED) is 0.630. The first kappa shape index (κ1) is 19.3. The highest BCUT2D eigenvalue weighted by Crippen LogP contribution is 2.15. The Balaban J connectivity index is 2.01. The molecule has 0 bridgehead atoms. The highest BCUT2D eigenvalue weighted by atomic mass is 19.1. The third kappa shape index (κ3) is 4.99. The van der Waals surface area contributed by atoms with Gasteiger partial charge in [0.25, 0.3) is 0 Å². The molecule has 1 amide bonds. The molecule has 0 radical (unpaired) electrons. The Bertz CT molecular complexity index is 815. The first-order chi connectivity index (χ1) is 12.3. The maximum atomic E-state index is 13.2. The van der Waals surface area contributed by atoms with Crippen LogP contribution in [0.15, 0.2) is 48.5 Å². The number of hydrogen-bond donors (Lipinski definition) is 1. The van der Waals surface area contributed by atoms with Crippen molar-refractivity contribution in [2.45, 2.75) is 26.9 Å². The van der Waals surface area contributed by atoms with Crippen LogP contribution in [0.3, 0.4) is 0 Å². The number of ether oxygens (including phenoxy) is 1. The molecule has 0 fully saturated rings. The number of rotatable bonds is 6. The molecule has 0 heterocycles. The van der Waals surface area contributed by atoms with Gasteiger partial charge in [0, 0.05) is 17.2 Å². The summed E-state index contributed by atoms with van der Waals surface area (Å²) in [4.78, 5) is 36.0. The van der Waals surface area contributed by atoms with Crippen LogP contribution in [0.25, 0.3) is 0 Å². The van der Waals surface area contributed by atoms with Gasteiger partial charge in [-0.1, -0.05) is 19.9 Å². The number of carbonyl (C=O) groups excluding carboxylic acids is 3. The largest absolute Gasteiger partial charge is 0.451 e. The summed E-state index contributed by atoms with van der Waals surface area (Å²) in [6, 6.07) is 11.4. The average molecular weight is 357 g/mol. The van der Waals surface area contributed by atoms with Crippen molar-refractivity contribution in [2.75, 3.05) is 5.32 Å². The molecule has 26 heavy (non-hydrogen) atoms. The first-order valence-electron chi connectivity index (χ1n) is 8.19. The minimum absolute atomic E-state index is 0.0383. The molecule has 0 spiro atoms. The van der Waals surface area contributed by atoms with Gasteiger partial charge in [-0.25, -0.2) is 9.18 Å². The van der Waals surface area contributed by atoms with Crippen molar-refractivity contribution in [2.24, 2.45) is 5.92 Å². The second kappa shape index (κ2) is 8.38. The number of esters is 1. The fourth-order valence-electron chi connectivity index (χ4n) is 2.14. The predicted molar refractivity (Wildman–Crippen MR) is 95.5 cm³/mol. The second-order valence-electron chi connectivity index (χ2n) is 6.14. The van der Waals surface area contributed by atoms with Crippen LogP contribution in [0.5, 0.6) is 0 Å². The zero-order valence-corrected chi connectivity index (χ0v) is 14.8. The predicted octanol–water partition coefficient (Wildman–Crippen LogP) is 3.85. The molecule has 2 aromatic rings. The number of hydrogen-bond acceptors (Lipinski definition) is 4. The van der Waals surface area contributed by atoms with Gasteiger partial charge >= 0.3 is 5.97 Å². The standard InChI is InChI=1S/C20H20FNO4/c1-12(2)19(24)22-17-9-7-14(8-10-17)18(23)13(3)26-20(25)15-5-4-6-16(21)11-15/h4-13H,1-3H3,(H,22,24). The number of ketones is 1. The van der Waals surface area contributed by atoms with Gasteiger partial charge in [-0.15, -0.1) is 0 Å². The zero-order chi connectivity index (χ0) is 19.3. The van der Waals surface area contributed by atoms with Gasteiger partial charge in [-0.05, 0) is 49.4 Å². The molecule has 5 nitrogen and oxygen atoms in total. The van der Waals surface area contributed by atoms with Gasteiger partial charge in [-0.3, -0.25) is 9.59 Å². The molecule has 0 aromatic heterocycles. The Kier molecular flexibility index (Phi) is 6.22. The number of Topliss-reactive ketones (excluding diaryl/α,β-unsaturated/α-hetero) is 1. The third-order valence-corrected chi connectivity index (χ3v) is 3.67. The van der Waals surface area contributed by atoms with Crippen LogP contribution < -0.4 is 5.32 Å². The summed E-state index contributed by atoms with van der Waals surface area (Å²) in [5.74, 6) is -2.00. The average Bonchev–Trinajstić information content (AvgIpc) is 2.61. The Morgan fingerprint density at radius 3 is 2.19 bits per heavy atom. The topological polar surface area (TPSA) is 72.5 Å². The number of benzene rings is 2. The smallest absolute Gasteiger partial charge is 0.338 e. The highest BCUT2D eigenvalue weighted by Gasteiger charge is 2.20. The summed E-state index contributed by atoms with van der Waals surface area (Å²) in [6.07, 6.45) is -1.03. The summed E-state index contributed by atoms with van der Waals surface area (Å²) >= 11 is 0. The Hall–Kier alpha value is -3.02. The molecular weight excluding hydrogens is 337 g/mol. The van der Waals surface area contributed by atoms with E-state index < -0.39 is 23.7 Å². The lowest BCUT2D eigenvalue weighted by molar-refractivity contribution is -0.118. The van der Waals surface area contributed by atoms with Crippen molar-refractivity contribution < 1.29 is 23.5 Å². The lowest BCUT2D eigenvalue weighted by Gasteiger charge is -2.13. The molecule has 2 rings (SSSR count). The van der Waals surface area contributed by atoms with Crippen LogP contribution in [0.4, 0.5) is 10.1 Å². The van der Waals surface area contributed by atoms with Crippen molar-refractivity contribution in [3.8, 4) is 0 Å². The maximum Gasteiger partial charge on any atom is 0.338 e. The second-order valence-corrected chi connectivity index (χ2v) is 6.14. The number of anilines is 1. The third-order valence-electron chi connectivity index (χ3n) is 3.67. The normalized spacial score (nSPS) is 11.7. The summed E-state index contributed by atoms with van der Waals surface area (Å²) < 4.78 is 18.3. The van der Waals surface area contributed by atoms with Crippen molar-refractivity contribution in [3.05, 3.63) is 65.5 Å². The van der Waals surface area contributed by atoms with E-state index in [4.69, 9.17) is 4.74 Å². The number of halogens is 1. The molecule has 1 unspecified atom stereocenters. The van der Waals surface area contributed by atoms with E-state index in [1.54, 1.807) is 38.1 Å². The molecule has 2 aromatic carbocycles. The van der Waals surface area contributed by atoms with E-state index in [0.29, 0.717) is 11.3 Å². The first-order valence-corrected chi connectivity index (χ1v) is 8.19. The number of nitrogens with one attached hydrogen (secondary N) is 1. The SMILES string of the molecule is CC(C)C(=O)Nc1ccc(C(=O)C(C)OC(=O)c2cccc(F)c2)cc1. The van der Waals surface area contributed by atoms with Gasteiger partial charge in [0.05, 0.1) is 5.56 Å². The van der Waals surface area contributed by atoms with E-state index in [0.717, 1.165) is 6.07 Å². The van der Waals surface area contributed by atoms with E-state index >= 15 is 0 Å². The van der Waals surface area contributed by atoms with Crippen LogP contribution in [0.2, 0.25) is 0 Å². The molecular formula is C20H20FNO4. The van der Waals surface area contributed by atoms with Gasteiger partial charge < -0.3 is 10.1 Å². The molecule has 0 aliphatic rings. The van der Waals surface area contributed by atoms with Crippen LogP contribution in [-0.2, 0) is 9.53 Å². The zero-order valence-electron chi connectivity index (χ0n) is 14.8. The molecule has 6 heteroatoms. The minimum atomic E-state index is -1.03. The van der Waals surface area contributed by atoms with Crippen molar-refractivity contribution in [1.82, 2.24) is 0 Å². The number of carbonyl (C=O) groups is 3. The van der Waals surface area contributed by atoms with Crippen molar-refractivity contribution >= 4 is 23.3 Å². The Labute approximate surface area is 151 Å². The summed E-state index contributed by atoms with van der Waals surface area (Å²) in [6.45, 7) is 5.01. The summed E-state index contributed by atoms with van der Waals surface area (Å²) in [5.41, 5.74) is 0.952. The van der Waals surface area contributed by atoms with Crippen LogP contribution >= 0.6 is 0 Å². The van der Waals surface area contributed by atoms with Crippen LogP contribution in [0, 0.1) is 11.7 Å². The minimum Gasteiger partial charge on any atom is -0.451 e. The van der Waals surface area contributed by atoms with E-state index in [9.17, 15) is 18.8 Å². The molecule has 0 aliphatic heterocycles. The Morgan fingerprint density at radius 2 is 1.62 bits per heavy atom. The van der Waals surface area contributed by atoms with Crippen molar-refractivity contribution in [1.29, 1.82) is 0 Å². The van der Waals surface area contributed by atoms with Crippen molar-refractivity contribution in [3.63, 3.8) is 0 Å². The lowest BCUT2D eigenvalue weighted by atomic mass is 10.1. The van der Waals surface area contributed by atoms with E-state index in [-0.39, 0.29) is 17.4 Å². The highest BCUT2D eigenvalue weighted by molar-refractivity contribution is 6.02. The monoisotopic (exact) mass is 357 g/mol.